The molecule has 5 nitrogen and oxygen atoms in total. The molecule has 0 unspecified atom stereocenters. The minimum atomic E-state index is -0.237. The molecular formula is C27H27NO4. The van der Waals surface area contributed by atoms with E-state index in [-0.39, 0.29) is 23.5 Å². The summed E-state index contributed by atoms with van der Waals surface area (Å²) in [6.07, 6.45) is 2.88. The molecular weight excluding hydrogens is 402 g/mol. The number of ketones is 1. The Hall–Kier alpha value is -3.60. The number of amides is 1. The van der Waals surface area contributed by atoms with E-state index in [2.05, 4.69) is 32.9 Å². The third kappa shape index (κ3) is 3.98. The summed E-state index contributed by atoms with van der Waals surface area (Å²) in [6.45, 7) is 6.34. The van der Waals surface area contributed by atoms with E-state index >= 15 is 0 Å². The van der Waals surface area contributed by atoms with Crippen molar-refractivity contribution in [1.29, 1.82) is 0 Å². The van der Waals surface area contributed by atoms with Crippen molar-refractivity contribution in [2.24, 2.45) is 0 Å². The van der Waals surface area contributed by atoms with Crippen molar-refractivity contribution in [1.82, 2.24) is 0 Å². The summed E-state index contributed by atoms with van der Waals surface area (Å²) in [4.78, 5) is 25.8. The van der Waals surface area contributed by atoms with Gasteiger partial charge in [0, 0.05) is 23.0 Å². The standard InChI is InChI=1S/C27H27NO4/c1-27(2,3)24-15-20(28-11-10-21(29)16-25(28)30)14-23(26(24)32-5)19-7-6-18-13-22(31-4)9-8-17(18)12-19/h6-15H,16H2,1-5H3. The van der Waals surface area contributed by atoms with Crippen LogP contribution in [0.15, 0.2) is 60.8 Å². The predicted octanol–water partition coefficient (Wildman–Crippen LogP) is 5.64. The normalized spacial score (nSPS) is 14.2. The number of fused-ring (bicyclic) bond motifs is 1. The molecule has 0 saturated heterocycles. The average molecular weight is 430 g/mol. The maximum atomic E-state index is 12.6. The number of carbonyl (C=O) groups is 2. The van der Waals surface area contributed by atoms with Crippen LogP contribution in [0.1, 0.15) is 32.8 Å². The second-order valence-electron chi connectivity index (χ2n) is 8.97. The van der Waals surface area contributed by atoms with E-state index in [1.165, 1.54) is 6.08 Å². The first-order valence-corrected chi connectivity index (χ1v) is 10.5. The van der Waals surface area contributed by atoms with Crippen LogP contribution in [0.2, 0.25) is 0 Å². The lowest BCUT2D eigenvalue weighted by molar-refractivity contribution is -0.124. The van der Waals surface area contributed by atoms with Gasteiger partial charge in [-0.2, -0.15) is 0 Å². The number of nitrogens with zero attached hydrogens (tertiary/aromatic N) is 1. The van der Waals surface area contributed by atoms with Crippen LogP contribution >= 0.6 is 0 Å². The zero-order chi connectivity index (χ0) is 23.0. The molecule has 1 amide bonds. The van der Waals surface area contributed by atoms with Crippen LogP contribution in [0.4, 0.5) is 5.69 Å². The molecule has 0 atom stereocenters. The second-order valence-corrected chi connectivity index (χ2v) is 8.97. The van der Waals surface area contributed by atoms with Crippen LogP contribution in [0, 0.1) is 0 Å². The zero-order valence-electron chi connectivity index (χ0n) is 19.1. The Balaban J connectivity index is 1.94. The molecule has 0 radical (unpaired) electrons. The summed E-state index contributed by atoms with van der Waals surface area (Å²) in [7, 11) is 3.33. The molecule has 0 aromatic heterocycles. The van der Waals surface area contributed by atoms with Gasteiger partial charge in [-0.05, 0) is 58.2 Å². The molecule has 0 fully saturated rings. The number of benzene rings is 3. The first-order valence-electron chi connectivity index (χ1n) is 10.5. The number of carbonyl (C=O) groups excluding carboxylic acids is 2. The Bertz CT molecular complexity index is 1250. The van der Waals surface area contributed by atoms with Crippen molar-refractivity contribution >= 4 is 28.2 Å². The molecule has 0 bridgehead atoms. The highest BCUT2D eigenvalue weighted by Crippen LogP contribution is 2.43. The minimum absolute atomic E-state index is 0.124. The van der Waals surface area contributed by atoms with Crippen LogP contribution in [-0.4, -0.2) is 25.9 Å². The number of methoxy groups -OCH3 is 2. The highest BCUT2D eigenvalue weighted by atomic mass is 16.5. The maximum Gasteiger partial charge on any atom is 0.238 e. The fourth-order valence-corrected chi connectivity index (χ4v) is 4.03. The van der Waals surface area contributed by atoms with E-state index in [0.29, 0.717) is 5.69 Å². The monoisotopic (exact) mass is 429 g/mol. The van der Waals surface area contributed by atoms with E-state index in [1.807, 2.05) is 36.4 Å². The summed E-state index contributed by atoms with van der Waals surface area (Å²) in [6, 6.07) is 16.1. The lowest BCUT2D eigenvalue weighted by atomic mass is 9.83. The molecule has 0 spiro atoms. The Kier molecular flexibility index (Phi) is 5.51. The van der Waals surface area contributed by atoms with Gasteiger partial charge in [0.25, 0.3) is 0 Å². The predicted molar refractivity (Wildman–Crippen MR) is 127 cm³/mol. The summed E-state index contributed by atoms with van der Waals surface area (Å²) in [5.74, 6) is 1.17. The quantitative estimate of drug-likeness (QED) is 0.504. The Morgan fingerprint density at radius 1 is 0.875 bits per heavy atom. The number of rotatable bonds is 4. The van der Waals surface area contributed by atoms with Gasteiger partial charge in [0.05, 0.1) is 20.6 Å². The third-order valence-electron chi connectivity index (χ3n) is 5.73. The fraction of sp³-hybridized carbons (Fsp3) is 0.259. The van der Waals surface area contributed by atoms with Crippen LogP contribution < -0.4 is 14.4 Å². The summed E-state index contributed by atoms with van der Waals surface area (Å²) in [5.41, 5.74) is 3.36. The molecule has 32 heavy (non-hydrogen) atoms. The lowest BCUT2D eigenvalue weighted by Gasteiger charge is -2.28. The van der Waals surface area contributed by atoms with Crippen molar-refractivity contribution < 1.29 is 19.1 Å². The topological polar surface area (TPSA) is 55.8 Å². The van der Waals surface area contributed by atoms with Gasteiger partial charge in [0.15, 0.2) is 5.78 Å². The van der Waals surface area contributed by atoms with Crippen LogP contribution in [-0.2, 0) is 15.0 Å². The summed E-state index contributed by atoms with van der Waals surface area (Å²) >= 11 is 0. The first-order chi connectivity index (χ1) is 15.2. The van der Waals surface area contributed by atoms with Gasteiger partial charge in [0.1, 0.15) is 11.5 Å². The number of hydrogen-bond donors (Lipinski definition) is 0. The molecule has 164 valence electrons. The molecule has 0 aliphatic carbocycles. The van der Waals surface area contributed by atoms with Gasteiger partial charge < -0.3 is 9.47 Å². The molecule has 0 N–H and O–H groups in total. The van der Waals surface area contributed by atoms with Crippen molar-refractivity contribution in [2.75, 3.05) is 19.1 Å². The Morgan fingerprint density at radius 2 is 1.59 bits per heavy atom. The minimum Gasteiger partial charge on any atom is -0.497 e. The van der Waals surface area contributed by atoms with E-state index in [4.69, 9.17) is 9.47 Å². The average Bonchev–Trinajstić information content (AvgIpc) is 2.76. The van der Waals surface area contributed by atoms with E-state index in [1.54, 1.807) is 25.3 Å². The molecule has 1 aliphatic heterocycles. The Morgan fingerprint density at radius 3 is 2.25 bits per heavy atom. The van der Waals surface area contributed by atoms with Gasteiger partial charge in [0.2, 0.25) is 5.91 Å². The van der Waals surface area contributed by atoms with Gasteiger partial charge in [-0.1, -0.05) is 39.0 Å². The van der Waals surface area contributed by atoms with E-state index < -0.39 is 0 Å². The van der Waals surface area contributed by atoms with Crippen LogP contribution in [0.5, 0.6) is 11.5 Å². The summed E-state index contributed by atoms with van der Waals surface area (Å²) in [5, 5.41) is 2.15. The fourth-order valence-electron chi connectivity index (χ4n) is 4.03. The highest BCUT2D eigenvalue weighted by Gasteiger charge is 2.27. The summed E-state index contributed by atoms with van der Waals surface area (Å²) < 4.78 is 11.2. The van der Waals surface area contributed by atoms with E-state index in [0.717, 1.165) is 39.0 Å². The van der Waals surface area contributed by atoms with Gasteiger partial charge in [-0.3, -0.25) is 14.5 Å². The Labute approximate surface area is 188 Å². The SMILES string of the molecule is COc1ccc2cc(-c3cc(N4C=CC(=O)CC4=O)cc(C(C)(C)C)c3OC)ccc2c1. The molecule has 3 aromatic rings. The van der Waals surface area contributed by atoms with Crippen molar-refractivity contribution in [3.05, 3.63) is 66.4 Å². The molecule has 1 aliphatic rings. The second kappa shape index (κ2) is 8.15. The zero-order valence-corrected chi connectivity index (χ0v) is 19.1. The first kappa shape index (κ1) is 21.6. The lowest BCUT2D eigenvalue weighted by Crippen LogP contribution is -2.31. The molecule has 4 rings (SSSR count). The number of anilines is 1. The maximum absolute atomic E-state index is 12.6. The van der Waals surface area contributed by atoms with Crippen LogP contribution in [0.25, 0.3) is 21.9 Å². The van der Waals surface area contributed by atoms with Crippen LogP contribution in [0.3, 0.4) is 0 Å². The third-order valence-corrected chi connectivity index (χ3v) is 5.73. The molecule has 5 heteroatoms. The highest BCUT2D eigenvalue weighted by molar-refractivity contribution is 6.13. The number of hydrogen-bond acceptors (Lipinski definition) is 4. The molecule has 0 saturated carbocycles. The van der Waals surface area contributed by atoms with Crippen molar-refractivity contribution in [2.45, 2.75) is 32.6 Å². The van der Waals surface area contributed by atoms with E-state index in [9.17, 15) is 9.59 Å². The van der Waals surface area contributed by atoms with Gasteiger partial charge in [-0.25, -0.2) is 0 Å². The van der Waals surface area contributed by atoms with Gasteiger partial charge >= 0.3 is 0 Å². The molecule has 1 heterocycles. The number of ether oxygens (including phenoxy) is 2. The van der Waals surface area contributed by atoms with Gasteiger partial charge in [-0.15, -0.1) is 0 Å². The van der Waals surface area contributed by atoms with Crippen molar-refractivity contribution in [3.8, 4) is 22.6 Å². The van der Waals surface area contributed by atoms with Crippen molar-refractivity contribution in [3.63, 3.8) is 0 Å². The largest absolute Gasteiger partial charge is 0.497 e. The smallest absolute Gasteiger partial charge is 0.238 e. The molecule has 3 aromatic carbocycles. The number of allylic oxidation sites excluding steroid dienone is 1.